The van der Waals surface area contributed by atoms with E-state index in [1.54, 1.807) is 0 Å². The van der Waals surface area contributed by atoms with Crippen LogP contribution in [0.25, 0.3) is 0 Å². The second-order valence-corrected chi connectivity index (χ2v) is 4.84. The molecule has 0 spiro atoms. The predicted octanol–water partition coefficient (Wildman–Crippen LogP) is -0.350. The average molecular weight is 252 g/mol. The molecular weight excluding hydrogens is 230 g/mol. The second kappa shape index (κ2) is 6.73. The van der Waals surface area contributed by atoms with Gasteiger partial charge in [-0.1, -0.05) is 17.7 Å². The largest absolute Gasteiger partial charge is 0.491 e. The highest BCUT2D eigenvalue weighted by atomic mass is 16.5. The lowest BCUT2D eigenvalue weighted by Gasteiger charge is -2.25. The molecule has 4 nitrogen and oxygen atoms in total. The summed E-state index contributed by atoms with van der Waals surface area (Å²) in [6, 6.07) is 7.89. The van der Waals surface area contributed by atoms with Crippen LogP contribution >= 0.6 is 0 Å². The zero-order valence-electron chi connectivity index (χ0n) is 10.9. The van der Waals surface area contributed by atoms with Crippen molar-refractivity contribution in [3.8, 4) is 5.75 Å². The summed E-state index contributed by atoms with van der Waals surface area (Å²) in [5.41, 5.74) is 1.21. The molecule has 1 fully saturated rings. The highest BCUT2D eigenvalue weighted by Gasteiger charge is 2.18. The number of aliphatic hydroxyl groups is 1. The van der Waals surface area contributed by atoms with Crippen molar-refractivity contribution in [1.29, 1.82) is 0 Å². The summed E-state index contributed by atoms with van der Waals surface area (Å²) in [5.74, 6) is 0.816. The number of benzene rings is 1. The second-order valence-electron chi connectivity index (χ2n) is 4.84. The van der Waals surface area contributed by atoms with E-state index in [4.69, 9.17) is 9.47 Å². The third-order valence-electron chi connectivity index (χ3n) is 3.19. The van der Waals surface area contributed by atoms with Gasteiger partial charge in [-0.05, 0) is 19.1 Å². The van der Waals surface area contributed by atoms with Crippen molar-refractivity contribution < 1.29 is 19.5 Å². The van der Waals surface area contributed by atoms with E-state index in [-0.39, 0.29) is 0 Å². The van der Waals surface area contributed by atoms with Crippen LogP contribution in [0, 0.1) is 6.92 Å². The fraction of sp³-hybridized carbons (Fsp3) is 0.571. The molecule has 100 valence electrons. The van der Waals surface area contributed by atoms with Gasteiger partial charge in [-0.2, -0.15) is 0 Å². The Balaban J connectivity index is 1.70. The van der Waals surface area contributed by atoms with Crippen molar-refractivity contribution in [3.63, 3.8) is 0 Å². The Labute approximate surface area is 108 Å². The Hall–Kier alpha value is -1.10. The van der Waals surface area contributed by atoms with Gasteiger partial charge in [0, 0.05) is 0 Å². The number of aryl methyl sites for hydroxylation is 1. The number of rotatable bonds is 5. The number of quaternary nitrogens is 1. The zero-order valence-corrected chi connectivity index (χ0v) is 10.9. The van der Waals surface area contributed by atoms with Crippen LogP contribution in [0.15, 0.2) is 24.3 Å². The molecule has 0 amide bonds. The average Bonchev–Trinajstić information content (AvgIpc) is 2.39. The molecule has 1 aromatic rings. The SMILES string of the molecule is Cc1ccc(OC[C@@H](O)C[NH+]2CCOCC2)cc1. The fourth-order valence-electron chi connectivity index (χ4n) is 2.08. The number of hydrogen-bond donors (Lipinski definition) is 2. The summed E-state index contributed by atoms with van der Waals surface area (Å²) in [4.78, 5) is 1.39. The first-order valence-electron chi connectivity index (χ1n) is 6.53. The summed E-state index contributed by atoms with van der Waals surface area (Å²) in [7, 11) is 0. The lowest BCUT2D eigenvalue weighted by molar-refractivity contribution is -0.911. The van der Waals surface area contributed by atoms with Gasteiger partial charge in [-0.3, -0.25) is 0 Å². The molecule has 0 aliphatic carbocycles. The summed E-state index contributed by atoms with van der Waals surface area (Å²) >= 11 is 0. The number of hydrogen-bond acceptors (Lipinski definition) is 3. The predicted molar refractivity (Wildman–Crippen MR) is 69.1 cm³/mol. The first-order chi connectivity index (χ1) is 8.74. The van der Waals surface area contributed by atoms with E-state index in [0.717, 1.165) is 38.6 Å². The van der Waals surface area contributed by atoms with Gasteiger partial charge in [0.15, 0.2) is 0 Å². The molecule has 1 saturated heterocycles. The molecule has 0 unspecified atom stereocenters. The maximum absolute atomic E-state index is 9.93. The molecule has 2 N–H and O–H groups in total. The molecule has 1 atom stereocenters. The Bertz CT molecular complexity index is 347. The molecule has 1 aliphatic rings. The molecule has 18 heavy (non-hydrogen) atoms. The van der Waals surface area contributed by atoms with Crippen LogP contribution in [-0.2, 0) is 4.74 Å². The van der Waals surface area contributed by atoms with Crippen molar-refractivity contribution in [3.05, 3.63) is 29.8 Å². The van der Waals surface area contributed by atoms with Gasteiger partial charge in [-0.15, -0.1) is 0 Å². The molecule has 0 radical (unpaired) electrons. The van der Waals surface area contributed by atoms with Crippen LogP contribution in [0.3, 0.4) is 0 Å². The zero-order chi connectivity index (χ0) is 12.8. The van der Waals surface area contributed by atoms with Gasteiger partial charge in [0.2, 0.25) is 0 Å². The monoisotopic (exact) mass is 252 g/mol. The van der Waals surface area contributed by atoms with Crippen molar-refractivity contribution in [1.82, 2.24) is 0 Å². The molecule has 1 heterocycles. The molecule has 1 aliphatic heterocycles. The van der Waals surface area contributed by atoms with E-state index in [1.165, 1.54) is 10.5 Å². The molecule has 4 heteroatoms. The molecule has 0 saturated carbocycles. The molecule has 2 rings (SSSR count). The summed E-state index contributed by atoms with van der Waals surface area (Å²) in [6.45, 7) is 6.66. The third kappa shape index (κ3) is 4.29. The topological polar surface area (TPSA) is 43.1 Å². The van der Waals surface area contributed by atoms with Crippen LogP contribution in [-0.4, -0.2) is 50.7 Å². The van der Waals surface area contributed by atoms with Crippen LogP contribution in [0.2, 0.25) is 0 Å². The van der Waals surface area contributed by atoms with Crippen LogP contribution < -0.4 is 9.64 Å². The number of nitrogens with one attached hydrogen (secondary N) is 1. The van der Waals surface area contributed by atoms with E-state index in [0.29, 0.717) is 6.61 Å². The van der Waals surface area contributed by atoms with E-state index in [1.807, 2.05) is 31.2 Å². The minimum absolute atomic E-state index is 0.355. The fourth-order valence-corrected chi connectivity index (χ4v) is 2.08. The Morgan fingerprint density at radius 3 is 2.61 bits per heavy atom. The smallest absolute Gasteiger partial charge is 0.137 e. The molecule has 0 aromatic heterocycles. The van der Waals surface area contributed by atoms with Crippen molar-refractivity contribution in [2.75, 3.05) is 39.5 Å². The molecule has 1 aromatic carbocycles. The summed E-state index contributed by atoms with van der Waals surface area (Å²) in [6.07, 6.45) is -0.417. The van der Waals surface area contributed by atoms with Crippen LogP contribution in [0.4, 0.5) is 0 Å². The van der Waals surface area contributed by atoms with Gasteiger partial charge < -0.3 is 19.5 Å². The highest BCUT2D eigenvalue weighted by Crippen LogP contribution is 2.11. The first kappa shape index (κ1) is 13.3. The Morgan fingerprint density at radius 1 is 1.28 bits per heavy atom. The summed E-state index contributed by atoms with van der Waals surface area (Å²) in [5, 5.41) is 9.93. The Morgan fingerprint density at radius 2 is 1.94 bits per heavy atom. The number of aliphatic hydroxyl groups excluding tert-OH is 1. The van der Waals surface area contributed by atoms with Gasteiger partial charge in [0.25, 0.3) is 0 Å². The maximum Gasteiger partial charge on any atom is 0.137 e. The quantitative estimate of drug-likeness (QED) is 0.753. The van der Waals surface area contributed by atoms with E-state index < -0.39 is 6.10 Å². The first-order valence-corrected chi connectivity index (χ1v) is 6.53. The Kier molecular flexibility index (Phi) is 4.99. The third-order valence-corrected chi connectivity index (χ3v) is 3.19. The van der Waals surface area contributed by atoms with E-state index in [9.17, 15) is 5.11 Å². The lowest BCUT2D eigenvalue weighted by atomic mass is 10.2. The van der Waals surface area contributed by atoms with Crippen molar-refractivity contribution in [2.24, 2.45) is 0 Å². The van der Waals surface area contributed by atoms with Gasteiger partial charge in [-0.25, -0.2) is 0 Å². The minimum atomic E-state index is -0.417. The van der Waals surface area contributed by atoms with Crippen LogP contribution in [0.1, 0.15) is 5.56 Å². The number of morpholine rings is 1. The minimum Gasteiger partial charge on any atom is -0.491 e. The standard InChI is InChI=1S/C14H21NO3/c1-12-2-4-14(5-3-12)18-11-13(16)10-15-6-8-17-9-7-15/h2-5,13,16H,6-11H2,1H3/p+1/t13-/m0/s1. The van der Waals surface area contributed by atoms with E-state index >= 15 is 0 Å². The number of ether oxygens (including phenoxy) is 2. The lowest BCUT2D eigenvalue weighted by Crippen LogP contribution is -3.15. The van der Waals surface area contributed by atoms with Crippen LogP contribution in [0.5, 0.6) is 5.75 Å². The van der Waals surface area contributed by atoms with Gasteiger partial charge in [0.1, 0.15) is 38.1 Å². The van der Waals surface area contributed by atoms with Crippen molar-refractivity contribution >= 4 is 0 Å². The molecular formula is C14H22NO3+. The summed E-state index contributed by atoms with van der Waals surface area (Å²) < 4.78 is 10.9. The van der Waals surface area contributed by atoms with E-state index in [2.05, 4.69) is 0 Å². The maximum atomic E-state index is 9.93. The molecule has 0 bridgehead atoms. The van der Waals surface area contributed by atoms with Gasteiger partial charge in [0.05, 0.1) is 13.2 Å². The normalized spacial score (nSPS) is 18.6. The highest BCUT2D eigenvalue weighted by molar-refractivity contribution is 5.26. The van der Waals surface area contributed by atoms with Crippen molar-refractivity contribution in [2.45, 2.75) is 13.0 Å². The van der Waals surface area contributed by atoms with Gasteiger partial charge >= 0.3 is 0 Å².